The van der Waals surface area contributed by atoms with Crippen LogP contribution in [0.25, 0.3) is 0 Å². The molecule has 1 aromatic carbocycles. The van der Waals surface area contributed by atoms with E-state index in [9.17, 15) is 9.90 Å². The van der Waals surface area contributed by atoms with E-state index < -0.39 is 0 Å². The summed E-state index contributed by atoms with van der Waals surface area (Å²) >= 11 is 0. The summed E-state index contributed by atoms with van der Waals surface area (Å²) in [5, 5.41) is 9.98. The zero-order chi connectivity index (χ0) is 19.2. The fourth-order valence-electron chi connectivity index (χ4n) is 4.39. The van der Waals surface area contributed by atoms with E-state index in [0.29, 0.717) is 13.0 Å². The molecule has 0 aromatic heterocycles. The van der Waals surface area contributed by atoms with Crippen LogP contribution >= 0.6 is 0 Å². The monoisotopic (exact) mass is 370 g/mol. The topological polar surface area (TPSA) is 53.0 Å². The highest BCUT2D eigenvalue weighted by Gasteiger charge is 2.49. The number of rotatable bonds is 4. The van der Waals surface area contributed by atoms with Crippen molar-refractivity contribution in [1.29, 1.82) is 0 Å². The second-order valence-corrected chi connectivity index (χ2v) is 7.34. The average Bonchev–Trinajstić information content (AvgIpc) is 2.67. The van der Waals surface area contributed by atoms with Crippen LogP contribution in [0.4, 0.5) is 0 Å². The Morgan fingerprint density at radius 2 is 2.00 bits per heavy atom. The number of amides is 1. The Labute approximate surface area is 162 Å². The third kappa shape index (κ3) is 4.35. The standard InChI is InChI=1S/C22H30N2O3/c1-3-21(26)23-12-4-5-13-24-19(15-23)22(20(24)16-25)18-10-8-17(9-11-18)7-6-14-27-2/h8-11,19-20,22,25H,3-5,12-16H2,1-2H3/t19-,20+,22+/m0/s1. The van der Waals surface area contributed by atoms with Gasteiger partial charge in [-0.15, -0.1) is 0 Å². The molecule has 2 fully saturated rings. The first-order chi connectivity index (χ1) is 13.2. The number of fused-ring (bicyclic) bond motifs is 1. The summed E-state index contributed by atoms with van der Waals surface area (Å²) in [5.41, 5.74) is 2.19. The van der Waals surface area contributed by atoms with E-state index in [2.05, 4.69) is 28.9 Å². The Morgan fingerprint density at radius 3 is 2.67 bits per heavy atom. The highest BCUT2D eigenvalue weighted by atomic mass is 16.5. The molecule has 0 aliphatic carbocycles. The maximum absolute atomic E-state index is 12.3. The molecule has 0 spiro atoms. The molecule has 1 aromatic rings. The molecule has 146 valence electrons. The molecule has 2 aliphatic rings. The van der Waals surface area contributed by atoms with Crippen LogP contribution < -0.4 is 0 Å². The lowest BCUT2D eigenvalue weighted by molar-refractivity contribution is -0.136. The zero-order valence-electron chi connectivity index (χ0n) is 16.4. The fraction of sp³-hybridized carbons (Fsp3) is 0.591. The second kappa shape index (κ2) is 9.36. The highest BCUT2D eigenvalue weighted by Crippen LogP contribution is 2.41. The number of methoxy groups -OCH3 is 1. The quantitative estimate of drug-likeness (QED) is 0.822. The van der Waals surface area contributed by atoms with E-state index in [1.807, 2.05) is 24.0 Å². The molecule has 2 aliphatic heterocycles. The molecule has 3 rings (SSSR count). The van der Waals surface area contributed by atoms with Gasteiger partial charge in [0.05, 0.1) is 6.61 Å². The van der Waals surface area contributed by atoms with E-state index in [1.54, 1.807) is 7.11 Å². The van der Waals surface area contributed by atoms with Crippen LogP contribution in [0.15, 0.2) is 24.3 Å². The summed E-state index contributed by atoms with van der Waals surface area (Å²) in [6, 6.07) is 8.72. The van der Waals surface area contributed by atoms with Crippen LogP contribution in [0, 0.1) is 11.8 Å². The summed E-state index contributed by atoms with van der Waals surface area (Å²) in [7, 11) is 1.64. The van der Waals surface area contributed by atoms with Gasteiger partial charge in [0, 0.05) is 50.2 Å². The van der Waals surface area contributed by atoms with Gasteiger partial charge >= 0.3 is 0 Å². The van der Waals surface area contributed by atoms with Gasteiger partial charge in [-0.2, -0.15) is 0 Å². The van der Waals surface area contributed by atoms with Gasteiger partial charge in [-0.05, 0) is 37.1 Å². The van der Waals surface area contributed by atoms with Crippen LogP contribution in [0.2, 0.25) is 0 Å². The number of ether oxygens (including phenoxy) is 1. The Kier molecular flexibility index (Phi) is 6.89. The van der Waals surface area contributed by atoms with E-state index in [0.717, 1.165) is 38.0 Å². The van der Waals surface area contributed by atoms with Crippen molar-refractivity contribution in [3.8, 4) is 11.8 Å². The first-order valence-corrected chi connectivity index (χ1v) is 9.91. The van der Waals surface area contributed by atoms with Crippen molar-refractivity contribution in [2.45, 2.75) is 44.2 Å². The number of hydrogen-bond acceptors (Lipinski definition) is 4. The van der Waals surface area contributed by atoms with Crippen LogP contribution in [0.5, 0.6) is 0 Å². The Balaban J connectivity index is 1.78. The predicted octanol–water partition coefficient (Wildman–Crippen LogP) is 1.85. The minimum atomic E-state index is 0.136. The summed E-state index contributed by atoms with van der Waals surface area (Å²) in [6.45, 7) is 5.11. The molecular weight excluding hydrogens is 340 g/mol. The van der Waals surface area contributed by atoms with Gasteiger partial charge in [0.2, 0.25) is 5.91 Å². The van der Waals surface area contributed by atoms with Crippen molar-refractivity contribution < 1.29 is 14.6 Å². The van der Waals surface area contributed by atoms with Gasteiger partial charge in [0.25, 0.3) is 0 Å². The van der Waals surface area contributed by atoms with Crippen molar-refractivity contribution in [2.24, 2.45) is 0 Å². The third-order valence-electron chi connectivity index (χ3n) is 5.77. The lowest BCUT2D eigenvalue weighted by Crippen LogP contribution is -2.67. The average molecular weight is 370 g/mol. The number of carbonyl (C=O) groups is 1. The van der Waals surface area contributed by atoms with Gasteiger partial charge in [-0.1, -0.05) is 30.9 Å². The maximum Gasteiger partial charge on any atom is 0.222 e. The molecule has 0 unspecified atom stereocenters. The number of aliphatic hydroxyl groups excluding tert-OH is 1. The number of benzene rings is 1. The van der Waals surface area contributed by atoms with Crippen molar-refractivity contribution in [3.05, 3.63) is 35.4 Å². The second-order valence-electron chi connectivity index (χ2n) is 7.34. The van der Waals surface area contributed by atoms with Crippen LogP contribution in [0.1, 0.15) is 43.2 Å². The predicted molar refractivity (Wildman–Crippen MR) is 105 cm³/mol. The molecule has 0 radical (unpaired) electrons. The number of nitrogens with zero attached hydrogens (tertiary/aromatic N) is 2. The fourth-order valence-corrected chi connectivity index (χ4v) is 4.39. The normalized spacial score (nSPS) is 25.4. The largest absolute Gasteiger partial charge is 0.395 e. The first kappa shape index (κ1) is 19.9. The van der Waals surface area contributed by atoms with E-state index in [4.69, 9.17) is 4.74 Å². The lowest BCUT2D eigenvalue weighted by atomic mass is 9.74. The molecule has 2 heterocycles. The summed E-state index contributed by atoms with van der Waals surface area (Å²) in [5.74, 6) is 6.54. The van der Waals surface area contributed by atoms with Gasteiger partial charge in [0.1, 0.15) is 6.61 Å². The van der Waals surface area contributed by atoms with Crippen LogP contribution in [-0.2, 0) is 9.53 Å². The van der Waals surface area contributed by atoms with Gasteiger partial charge < -0.3 is 14.7 Å². The molecule has 2 saturated heterocycles. The maximum atomic E-state index is 12.3. The Bertz CT molecular complexity index is 692. The van der Waals surface area contributed by atoms with Crippen molar-refractivity contribution in [2.75, 3.05) is 40.0 Å². The van der Waals surface area contributed by atoms with Crippen molar-refractivity contribution in [3.63, 3.8) is 0 Å². The van der Waals surface area contributed by atoms with Crippen molar-refractivity contribution in [1.82, 2.24) is 9.80 Å². The molecule has 0 saturated carbocycles. The minimum Gasteiger partial charge on any atom is -0.395 e. The van der Waals surface area contributed by atoms with E-state index in [-0.39, 0.29) is 30.5 Å². The molecule has 0 bridgehead atoms. The SMILES string of the molecule is CCC(=O)N1CCCCN2[C@H](CO)[C@H](c3ccc(C#CCOC)cc3)[C@@H]2C1. The summed E-state index contributed by atoms with van der Waals surface area (Å²) < 4.78 is 4.96. The molecule has 5 heteroatoms. The molecule has 27 heavy (non-hydrogen) atoms. The van der Waals surface area contributed by atoms with Gasteiger partial charge in [-0.25, -0.2) is 0 Å². The van der Waals surface area contributed by atoms with Crippen LogP contribution in [-0.4, -0.2) is 72.9 Å². The third-order valence-corrected chi connectivity index (χ3v) is 5.77. The molecular formula is C22H30N2O3. The molecule has 1 amide bonds. The minimum absolute atomic E-state index is 0.136. The Morgan fingerprint density at radius 1 is 1.26 bits per heavy atom. The summed E-state index contributed by atoms with van der Waals surface area (Å²) in [4.78, 5) is 16.7. The lowest BCUT2D eigenvalue weighted by Gasteiger charge is -2.57. The van der Waals surface area contributed by atoms with E-state index in [1.165, 1.54) is 5.56 Å². The number of aliphatic hydroxyl groups is 1. The number of carbonyl (C=O) groups excluding carboxylic acids is 1. The van der Waals surface area contributed by atoms with Crippen molar-refractivity contribution >= 4 is 5.91 Å². The van der Waals surface area contributed by atoms with Crippen LogP contribution in [0.3, 0.4) is 0 Å². The molecule has 5 nitrogen and oxygen atoms in total. The Hall–Kier alpha value is -1.87. The molecule has 3 atom stereocenters. The van der Waals surface area contributed by atoms with Gasteiger partial charge in [-0.3, -0.25) is 9.69 Å². The van der Waals surface area contributed by atoms with E-state index >= 15 is 0 Å². The molecule has 1 N–H and O–H groups in total. The number of hydrogen-bond donors (Lipinski definition) is 1. The highest BCUT2D eigenvalue weighted by molar-refractivity contribution is 5.75. The zero-order valence-corrected chi connectivity index (χ0v) is 16.4. The first-order valence-electron chi connectivity index (χ1n) is 9.91. The smallest absolute Gasteiger partial charge is 0.222 e. The summed E-state index contributed by atoms with van der Waals surface area (Å²) in [6.07, 6.45) is 2.66. The van der Waals surface area contributed by atoms with Gasteiger partial charge in [0.15, 0.2) is 0 Å².